The molecule has 0 aromatic heterocycles. The molecule has 0 spiro atoms. The number of hydrogen-bond acceptors (Lipinski definition) is 10. The summed E-state index contributed by atoms with van der Waals surface area (Å²) in [6.45, 7) is 3.05. The van der Waals surface area contributed by atoms with Crippen LogP contribution in [-0.4, -0.2) is 112 Å². The highest BCUT2D eigenvalue weighted by molar-refractivity contribution is 7.99. The number of allylic oxidation sites excluding steroid dienone is 3. The van der Waals surface area contributed by atoms with Crippen molar-refractivity contribution in [2.24, 2.45) is 5.92 Å². The number of carbonyl (C=O) groups excluding carboxylic acids is 3. The summed E-state index contributed by atoms with van der Waals surface area (Å²) in [6.07, 6.45) is -1.25. The number of carboxylic acids is 1. The van der Waals surface area contributed by atoms with E-state index in [-0.39, 0.29) is 18.4 Å². The van der Waals surface area contributed by atoms with Crippen LogP contribution >= 0.6 is 11.8 Å². The van der Waals surface area contributed by atoms with E-state index < -0.39 is 67.0 Å². The average Bonchev–Trinajstić information content (AvgIpc) is 3.54. The Balaban J connectivity index is 1.30. The molecule has 2 aliphatic rings. The molecule has 0 bridgehead atoms. The lowest BCUT2D eigenvalue weighted by molar-refractivity contribution is -0.310. The number of aliphatic hydroxyl groups excluding tert-OH is 3. The Labute approximate surface area is 295 Å². The van der Waals surface area contributed by atoms with Crippen molar-refractivity contribution < 1.29 is 49.1 Å². The fourth-order valence-corrected chi connectivity index (χ4v) is 6.51. The molecule has 0 saturated carbocycles. The number of aliphatic hydroxyl groups is 3. The molecule has 1 fully saturated rings. The van der Waals surface area contributed by atoms with E-state index in [2.05, 4.69) is 16.0 Å². The van der Waals surface area contributed by atoms with Gasteiger partial charge in [-0.2, -0.15) is 11.8 Å². The van der Waals surface area contributed by atoms with Crippen LogP contribution < -0.4 is 16.0 Å². The number of nitrogens with one attached hydrogen (secondary N) is 3. The normalized spacial score (nSPS) is 24.1. The van der Waals surface area contributed by atoms with Gasteiger partial charge in [-0.15, -0.1) is 0 Å². The van der Waals surface area contributed by atoms with Gasteiger partial charge in [0.25, 0.3) is 11.7 Å². The highest BCUT2D eigenvalue weighted by Crippen LogP contribution is 2.34. The van der Waals surface area contributed by atoms with E-state index in [1.54, 1.807) is 30.3 Å². The summed E-state index contributed by atoms with van der Waals surface area (Å²) in [7, 11) is 0. The minimum Gasteiger partial charge on any atom is -0.477 e. The monoisotopic (exact) mass is 711 g/mol. The van der Waals surface area contributed by atoms with Crippen LogP contribution in [0.5, 0.6) is 0 Å². The fraction of sp³-hybridized carbons (Fsp3) is 0.444. The first-order valence-corrected chi connectivity index (χ1v) is 17.6. The van der Waals surface area contributed by atoms with Crippen molar-refractivity contribution in [3.8, 4) is 11.1 Å². The van der Waals surface area contributed by atoms with Gasteiger partial charge < -0.3 is 45.9 Å². The number of aliphatic carboxylic acids is 1. The molecule has 3 amide bonds. The summed E-state index contributed by atoms with van der Waals surface area (Å²) >= 11 is 1.53. The maximum absolute atomic E-state index is 12.8. The maximum Gasteiger partial charge on any atom is 0.364 e. The lowest BCUT2D eigenvalue weighted by atomic mass is 9.88. The van der Waals surface area contributed by atoms with Gasteiger partial charge in [-0.25, -0.2) is 4.79 Å². The molecule has 50 heavy (non-hydrogen) atoms. The fourth-order valence-electron chi connectivity index (χ4n) is 5.74. The van der Waals surface area contributed by atoms with Gasteiger partial charge in [0.1, 0.15) is 12.2 Å². The molecule has 1 saturated heterocycles. The Morgan fingerprint density at radius 2 is 1.70 bits per heavy atom. The lowest BCUT2D eigenvalue weighted by Gasteiger charge is -2.46. The summed E-state index contributed by atoms with van der Waals surface area (Å²) < 4.78 is 11.5. The van der Waals surface area contributed by atoms with E-state index in [4.69, 9.17) is 9.47 Å². The third kappa shape index (κ3) is 10.2. The van der Waals surface area contributed by atoms with Crippen molar-refractivity contribution in [2.75, 3.05) is 31.2 Å². The van der Waals surface area contributed by atoms with Crippen LogP contribution in [0.15, 0.2) is 78.4 Å². The quantitative estimate of drug-likeness (QED) is 0.118. The van der Waals surface area contributed by atoms with Crippen LogP contribution in [0.3, 0.4) is 0 Å². The number of carboxylic acid groups (broad SMARTS) is 1. The highest BCUT2D eigenvalue weighted by Gasteiger charge is 2.55. The summed E-state index contributed by atoms with van der Waals surface area (Å²) in [4.78, 5) is 49.5. The Morgan fingerprint density at radius 1 is 1.00 bits per heavy atom. The molecule has 2 aromatic rings. The van der Waals surface area contributed by atoms with Gasteiger partial charge in [-0.05, 0) is 35.4 Å². The molecule has 7 N–H and O–H groups in total. The third-order valence-electron chi connectivity index (χ3n) is 8.45. The van der Waals surface area contributed by atoms with Gasteiger partial charge in [0.2, 0.25) is 11.8 Å². The van der Waals surface area contributed by atoms with Crippen LogP contribution in [0.25, 0.3) is 11.1 Å². The molecule has 1 aliphatic heterocycles. The molecule has 0 radical (unpaired) electrons. The molecular weight excluding hydrogens is 666 g/mol. The molecule has 1 heterocycles. The van der Waals surface area contributed by atoms with Gasteiger partial charge in [0.05, 0.1) is 24.9 Å². The SMILES string of the molecule is CC(=O)N[C@H]1[C@H]([C@H](O)[C@H](O)CNC(=O)c2ccc(-c3ccccc3)cc2)O[C@@](OCCCSCCNC(=O)C2=CC=C[C@@H]2C)(C(=O)O)C[C@@H]1O. The topological polar surface area (TPSA) is 204 Å². The molecule has 0 unspecified atom stereocenters. The summed E-state index contributed by atoms with van der Waals surface area (Å²) in [5.41, 5.74) is 2.90. The molecule has 13 nitrogen and oxygen atoms in total. The van der Waals surface area contributed by atoms with Crippen LogP contribution in [0, 0.1) is 5.92 Å². The van der Waals surface area contributed by atoms with Crippen molar-refractivity contribution in [1.82, 2.24) is 16.0 Å². The van der Waals surface area contributed by atoms with Crippen LogP contribution in [0.2, 0.25) is 0 Å². The Hall–Kier alpha value is -4.05. The highest BCUT2D eigenvalue weighted by atomic mass is 32.2. The molecule has 7 atom stereocenters. The van der Waals surface area contributed by atoms with Gasteiger partial charge in [-0.3, -0.25) is 14.4 Å². The standard InChI is InChI=1S/C36H45N3O10S/c1-22-8-6-11-27(22)34(45)37-16-19-50-18-7-17-48-36(35(46)47)20-28(41)30(39-23(2)40)32(49-36)31(43)29(42)21-38-33(44)26-14-12-25(13-15-26)24-9-4-3-5-10-24/h3-6,8-15,22,28-32,41-43H,7,16-21H2,1-2H3,(H,37,45)(H,38,44)(H,39,40)(H,46,47)/t22-,28-,29+,30+,31+,32+,36+/m0/s1. The first-order chi connectivity index (χ1) is 23.9. The van der Waals surface area contributed by atoms with E-state index in [0.29, 0.717) is 35.6 Å². The molecule has 14 heteroatoms. The number of carbonyl (C=O) groups is 4. The van der Waals surface area contributed by atoms with E-state index in [1.807, 2.05) is 49.4 Å². The molecule has 2 aromatic carbocycles. The largest absolute Gasteiger partial charge is 0.477 e. The zero-order chi connectivity index (χ0) is 36.3. The predicted octanol–water partition coefficient (Wildman–Crippen LogP) is 1.63. The number of hydrogen-bond donors (Lipinski definition) is 7. The zero-order valence-electron chi connectivity index (χ0n) is 28.0. The van der Waals surface area contributed by atoms with E-state index >= 15 is 0 Å². The summed E-state index contributed by atoms with van der Waals surface area (Å²) in [5, 5.41) is 51.0. The first kappa shape index (κ1) is 38.7. The van der Waals surface area contributed by atoms with E-state index in [0.717, 1.165) is 11.1 Å². The van der Waals surface area contributed by atoms with Crippen molar-refractivity contribution >= 4 is 35.5 Å². The molecular formula is C36H45N3O10S. The second-order valence-corrected chi connectivity index (χ2v) is 13.4. The number of thioether (sulfide) groups is 1. The van der Waals surface area contributed by atoms with E-state index in [9.17, 15) is 39.6 Å². The van der Waals surface area contributed by atoms with Gasteiger partial charge in [0, 0.05) is 49.2 Å². The van der Waals surface area contributed by atoms with Gasteiger partial charge in [0.15, 0.2) is 0 Å². The molecule has 270 valence electrons. The molecule has 4 rings (SSSR count). The number of benzene rings is 2. The lowest BCUT2D eigenvalue weighted by Crippen LogP contribution is -2.68. The Morgan fingerprint density at radius 3 is 2.34 bits per heavy atom. The van der Waals surface area contributed by atoms with Gasteiger partial charge in [-0.1, -0.05) is 67.6 Å². The summed E-state index contributed by atoms with van der Waals surface area (Å²) in [5.74, 6) is -3.89. The van der Waals surface area contributed by atoms with Crippen LogP contribution in [-0.2, 0) is 23.9 Å². The maximum atomic E-state index is 12.8. The zero-order valence-corrected chi connectivity index (χ0v) is 28.8. The minimum atomic E-state index is -2.39. The molecule has 1 aliphatic carbocycles. The first-order valence-electron chi connectivity index (χ1n) is 16.5. The summed E-state index contributed by atoms with van der Waals surface area (Å²) in [6, 6.07) is 15.1. The number of amides is 3. The third-order valence-corrected chi connectivity index (χ3v) is 9.52. The van der Waals surface area contributed by atoms with Crippen molar-refractivity contribution in [2.45, 2.75) is 62.9 Å². The Kier molecular flexibility index (Phi) is 14.2. The van der Waals surface area contributed by atoms with Crippen LogP contribution in [0.4, 0.5) is 0 Å². The van der Waals surface area contributed by atoms with Crippen molar-refractivity contribution in [3.05, 3.63) is 84.0 Å². The van der Waals surface area contributed by atoms with Gasteiger partial charge >= 0.3 is 5.97 Å². The number of rotatable bonds is 17. The second-order valence-electron chi connectivity index (χ2n) is 12.2. The van der Waals surface area contributed by atoms with Crippen molar-refractivity contribution in [3.63, 3.8) is 0 Å². The smallest absolute Gasteiger partial charge is 0.364 e. The Bertz CT molecular complexity index is 1540. The van der Waals surface area contributed by atoms with Crippen molar-refractivity contribution in [1.29, 1.82) is 0 Å². The van der Waals surface area contributed by atoms with Crippen LogP contribution in [0.1, 0.15) is 37.0 Å². The van der Waals surface area contributed by atoms with E-state index in [1.165, 1.54) is 18.7 Å². The average molecular weight is 712 g/mol. The minimum absolute atomic E-state index is 0.0783. The second kappa shape index (κ2) is 18.3. The number of ether oxygens (including phenoxy) is 2. The predicted molar refractivity (Wildman–Crippen MR) is 187 cm³/mol.